The molecule has 0 saturated heterocycles. The van der Waals surface area contributed by atoms with Crippen LogP contribution in [0.5, 0.6) is 17.2 Å². The van der Waals surface area contributed by atoms with Crippen LogP contribution in [0.25, 0.3) is 10.8 Å². The van der Waals surface area contributed by atoms with Crippen LogP contribution in [-0.4, -0.2) is 21.3 Å². The number of hydrogen-bond acceptors (Lipinski definition) is 4. The van der Waals surface area contributed by atoms with Gasteiger partial charge < -0.3 is 19.5 Å². The molecule has 26 heavy (non-hydrogen) atoms. The molecule has 1 atom stereocenters. The van der Waals surface area contributed by atoms with Crippen LogP contribution in [-0.2, 0) is 6.54 Å². The standard InChI is InChI=1S/C22H25NO3/c1-15(18-11-7-9-16-8-5-6-10-19(16)18)23-14-17-12-21(25-3)22(26-4)13-20(17)24-2/h5-13,15,23H,14H2,1-4H3/t15-/m0/s1. The van der Waals surface area contributed by atoms with E-state index in [-0.39, 0.29) is 6.04 Å². The molecule has 0 fully saturated rings. The van der Waals surface area contributed by atoms with Crippen molar-refractivity contribution in [1.29, 1.82) is 0 Å². The van der Waals surface area contributed by atoms with Crippen molar-refractivity contribution in [2.24, 2.45) is 0 Å². The van der Waals surface area contributed by atoms with Crippen molar-refractivity contribution in [2.75, 3.05) is 21.3 Å². The molecule has 1 N–H and O–H groups in total. The monoisotopic (exact) mass is 351 g/mol. The van der Waals surface area contributed by atoms with E-state index in [0.29, 0.717) is 18.0 Å². The molecular weight excluding hydrogens is 326 g/mol. The zero-order valence-electron chi connectivity index (χ0n) is 15.7. The number of methoxy groups -OCH3 is 3. The molecule has 0 aromatic heterocycles. The maximum Gasteiger partial charge on any atom is 0.164 e. The largest absolute Gasteiger partial charge is 0.496 e. The summed E-state index contributed by atoms with van der Waals surface area (Å²) < 4.78 is 16.3. The fourth-order valence-electron chi connectivity index (χ4n) is 3.23. The lowest BCUT2D eigenvalue weighted by Crippen LogP contribution is -2.19. The Labute approximate surface area is 154 Å². The maximum atomic E-state index is 5.52. The molecule has 3 aromatic rings. The molecule has 3 rings (SSSR count). The van der Waals surface area contributed by atoms with Gasteiger partial charge in [-0.2, -0.15) is 0 Å². The smallest absolute Gasteiger partial charge is 0.164 e. The first-order valence-electron chi connectivity index (χ1n) is 8.67. The number of ether oxygens (including phenoxy) is 3. The summed E-state index contributed by atoms with van der Waals surface area (Å²) >= 11 is 0. The molecule has 0 heterocycles. The molecule has 0 saturated carbocycles. The minimum atomic E-state index is 0.193. The number of nitrogens with one attached hydrogen (secondary N) is 1. The van der Waals surface area contributed by atoms with Crippen LogP contribution in [0.3, 0.4) is 0 Å². The predicted molar refractivity (Wildman–Crippen MR) is 105 cm³/mol. The normalized spacial score (nSPS) is 12.0. The molecule has 3 aromatic carbocycles. The van der Waals surface area contributed by atoms with Crippen molar-refractivity contribution in [2.45, 2.75) is 19.5 Å². The van der Waals surface area contributed by atoms with E-state index in [1.165, 1.54) is 16.3 Å². The van der Waals surface area contributed by atoms with Gasteiger partial charge in [-0.05, 0) is 29.3 Å². The first-order chi connectivity index (χ1) is 12.7. The highest BCUT2D eigenvalue weighted by atomic mass is 16.5. The maximum absolute atomic E-state index is 5.52. The lowest BCUT2D eigenvalue weighted by Gasteiger charge is -2.19. The zero-order valence-corrected chi connectivity index (χ0v) is 15.7. The van der Waals surface area contributed by atoms with Gasteiger partial charge in [-0.3, -0.25) is 0 Å². The Bertz CT molecular complexity index is 886. The van der Waals surface area contributed by atoms with Crippen LogP contribution in [0.1, 0.15) is 24.1 Å². The predicted octanol–water partition coefficient (Wildman–Crippen LogP) is 4.72. The molecule has 136 valence electrons. The summed E-state index contributed by atoms with van der Waals surface area (Å²) in [5.74, 6) is 2.14. The van der Waals surface area contributed by atoms with E-state index in [2.05, 4.69) is 54.7 Å². The van der Waals surface area contributed by atoms with E-state index in [1.54, 1.807) is 21.3 Å². The molecule has 0 bridgehead atoms. The first kappa shape index (κ1) is 18.1. The third-order valence-electron chi connectivity index (χ3n) is 4.68. The molecule has 0 amide bonds. The minimum Gasteiger partial charge on any atom is -0.496 e. The Morgan fingerprint density at radius 3 is 2.19 bits per heavy atom. The van der Waals surface area contributed by atoms with Gasteiger partial charge in [-0.25, -0.2) is 0 Å². The highest BCUT2D eigenvalue weighted by Gasteiger charge is 2.14. The van der Waals surface area contributed by atoms with Gasteiger partial charge in [-0.1, -0.05) is 42.5 Å². The number of benzene rings is 3. The van der Waals surface area contributed by atoms with Gasteiger partial charge in [0.25, 0.3) is 0 Å². The Balaban J connectivity index is 1.84. The molecule has 0 radical (unpaired) electrons. The van der Waals surface area contributed by atoms with E-state index >= 15 is 0 Å². The highest BCUT2D eigenvalue weighted by molar-refractivity contribution is 5.86. The lowest BCUT2D eigenvalue weighted by molar-refractivity contribution is 0.346. The second kappa shape index (κ2) is 8.11. The molecular formula is C22H25NO3. The molecule has 0 unspecified atom stereocenters. The molecule has 0 aliphatic carbocycles. The second-order valence-electron chi connectivity index (χ2n) is 6.19. The summed E-state index contributed by atoms with van der Waals surface area (Å²) in [7, 11) is 4.93. The number of rotatable bonds is 7. The minimum absolute atomic E-state index is 0.193. The average Bonchev–Trinajstić information content (AvgIpc) is 2.70. The van der Waals surface area contributed by atoms with Gasteiger partial charge in [-0.15, -0.1) is 0 Å². The third-order valence-corrected chi connectivity index (χ3v) is 4.68. The topological polar surface area (TPSA) is 39.7 Å². The Morgan fingerprint density at radius 1 is 0.808 bits per heavy atom. The van der Waals surface area contributed by atoms with Crippen molar-refractivity contribution >= 4 is 10.8 Å². The van der Waals surface area contributed by atoms with Crippen molar-refractivity contribution < 1.29 is 14.2 Å². The van der Waals surface area contributed by atoms with Crippen LogP contribution in [0.2, 0.25) is 0 Å². The number of hydrogen-bond donors (Lipinski definition) is 1. The van der Waals surface area contributed by atoms with E-state index in [1.807, 2.05) is 12.1 Å². The van der Waals surface area contributed by atoms with Crippen LogP contribution >= 0.6 is 0 Å². The van der Waals surface area contributed by atoms with Gasteiger partial charge in [0.05, 0.1) is 21.3 Å². The van der Waals surface area contributed by atoms with E-state index in [9.17, 15) is 0 Å². The fourth-order valence-corrected chi connectivity index (χ4v) is 3.23. The van der Waals surface area contributed by atoms with Crippen molar-refractivity contribution in [3.63, 3.8) is 0 Å². The first-order valence-corrected chi connectivity index (χ1v) is 8.67. The molecule has 0 spiro atoms. The quantitative estimate of drug-likeness (QED) is 0.669. The summed E-state index contributed by atoms with van der Waals surface area (Å²) in [5.41, 5.74) is 2.31. The molecule has 4 nitrogen and oxygen atoms in total. The van der Waals surface area contributed by atoms with E-state index in [4.69, 9.17) is 14.2 Å². The third kappa shape index (κ3) is 3.60. The summed E-state index contributed by atoms with van der Waals surface area (Å²) in [6, 6.07) is 18.9. The molecule has 0 aliphatic rings. The second-order valence-corrected chi connectivity index (χ2v) is 6.19. The van der Waals surface area contributed by atoms with Crippen LogP contribution in [0, 0.1) is 0 Å². The van der Waals surface area contributed by atoms with Crippen molar-refractivity contribution in [3.05, 3.63) is 65.7 Å². The zero-order chi connectivity index (χ0) is 18.5. The summed E-state index contributed by atoms with van der Waals surface area (Å²) in [5, 5.41) is 6.12. The molecule has 4 heteroatoms. The van der Waals surface area contributed by atoms with Crippen LogP contribution in [0.4, 0.5) is 0 Å². The van der Waals surface area contributed by atoms with Crippen LogP contribution in [0.15, 0.2) is 54.6 Å². The summed E-state index contributed by atoms with van der Waals surface area (Å²) in [4.78, 5) is 0. The molecule has 0 aliphatic heterocycles. The van der Waals surface area contributed by atoms with Gasteiger partial charge in [0.15, 0.2) is 11.5 Å². The van der Waals surface area contributed by atoms with Gasteiger partial charge >= 0.3 is 0 Å². The SMILES string of the molecule is COc1cc(OC)c(OC)cc1CN[C@@H](C)c1cccc2ccccc12. The average molecular weight is 351 g/mol. The van der Waals surface area contributed by atoms with Gasteiger partial charge in [0.2, 0.25) is 0 Å². The lowest BCUT2D eigenvalue weighted by atomic mass is 9.99. The van der Waals surface area contributed by atoms with Gasteiger partial charge in [0.1, 0.15) is 5.75 Å². The Kier molecular flexibility index (Phi) is 5.64. The Hall–Kier alpha value is -2.72. The van der Waals surface area contributed by atoms with Gasteiger partial charge in [0, 0.05) is 24.2 Å². The summed E-state index contributed by atoms with van der Waals surface area (Å²) in [6.07, 6.45) is 0. The van der Waals surface area contributed by atoms with E-state index < -0.39 is 0 Å². The van der Waals surface area contributed by atoms with Crippen LogP contribution < -0.4 is 19.5 Å². The number of fused-ring (bicyclic) bond motifs is 1. The van der Waals surface area contributed by atoms with Crippen molar-refractivity contribution in [1.82, 2.24) is 5.32 Å². The Morgan fingerprint density at radius 2 is 1.46 bits per heavy atom. The van der Waals surface area contributed by atoms with Crippen molar-refractivity contribution in [3.8, 4) is 17.2 Å². The highest BCUT2D eigenvalue weighted by Crippen LogP contribution is 2.35. The summed E-state index contributed by atoms with van der Waals surface area (Å²) in [6.45, 7) is 2.84. The fraction of sp³-hybridized carbons (Fsp3) is 0.273. The van der Waals surface area contributed by atoms with E-state index in [0.717, 1.165) is 11.3 Å².